The average Bonchev–Trinajstić information content (AvgIpc) is 3.40. The van der Waals surface area contributed by atoms with Crippen LogP contribution in [0.1, 0.15) is 5.56 Å². The van der Waals surface area contributed by atoms with Crippen LogP contribution in [0, 0.1) is 0 Å². The van der Waals surface area contributed by atoms with Gasteiger partial charge in [0.15, 0.2) is 0 Å². The van der Waals surface area contributed by atoms with E-state index >= 15 is 0 Å². The zero-order valence-corrected chi connectivity index (χ0v) is 23.2. The van der Waals surface area contributed by atoms with E-state index in [2.05, 4.69) is 9.88 Å². The molecule has 1 aliphatic heterocycles. The van der Waals surface area contributed by atoms with Gasteiger partial charge in [0.25, 0.3) is 11.8 Å². The predicted molar refractivity (Wildman–Crippen MR) is 164 cm³/mol. The molecule has 6 rings (SSSR count). The number of halogens is 1. The molecule has 0 saturated carbocycles. The van der Waals surface area contributed by atoms with E-state index in [4.69, 9.17) is 16.3 Å². The summed E-state index contributed by atoms with van der Waals surface area (Å²) in [5.41, 5.74) is 5.01. The number of carbonyl (C=O) groups excluding carboxylic acids is 3. The number of ether oxygens (including phenoxy) is 1. The molecule has 0 spiro atoms. The molecule has 206 valence electrons. The van der Waals surface area contributed by atoms with Crippen molar-refractivity contribution in [1.82, 2.24) is 9.88 Å². The summed E-state index contributed by atoms with van der Waals surface area (Å²) in [6, 6.07) is 34.6. The Morgan fingerprint density at radius 1 is 0.738 bits per heavy atom. The first kappa shape index (κ1) is 26.8. The molecule has 5 aromatic rings. The van der Waals surface area contributed by atoms with Crippen molar-refractivity contribution in [3.05, 3.63) is 131 Å². The largest absolute Gasteiger partial charge is 0.497 e. The Morgan fingerprint density at radius 2 is 1.33 bits per heavy atom. The Morgan fingerprint density at radius 3 is 1.95 bits per heavy atom. The number of benzene rings is 4. The molecule has 4 aromatic carbocycles. The van der Waals surface area contributed by atoms with Crippen LogP contribution in [0.2, 0.25) is 5.02 Å². The van der Waals surface area contributed by atoms with E-state index in [1.807, 2.05) is 91.0 Å². The van der Waals surface area contributed by atoms with E-state index in [1.54, 1.807) is 30.3 Å². The molecule has 0 radical (unpaired) electrons. The van der Waals surface area contributed by atoms with Crippen molar-refractivity contribution in [1.29, 1.82) is 0 Å². The third kappa shape index (κ3) is 4.98. The molecule has 42 heavy (non-hydrogen) atoms. The van der Waals surface area contributed by atoms with Crippen molar-refractivity contribution in [2.24, 2.45) is 0 Å². The lowest BCUT2D eigenvalue weighted by Gasteiger charge is -2.26. The van der Waals surface area contributed by atoms with Crippen molar-refractivity contribution in [3.8, 4) is 34.0 Å². The zero-order valence-electron chi connectivity index (χ0n) is 22.5. The van der Waals surface area contributed by atoms with Crippen molar-refractivity contribution < 1.29 is 19.1 Å². The smallest absolute Gasteiger partial charge is 0.335 e. The fourth-order valence-electron chi connectivity index (χ4n) is 4.99. The normalized spacial score (nSPS) is 14.3. The number of urea groups is 1. The average molecular weight is 574 g/mol. The number of amides is 4. The molecule has 0 atom stereocenters. The third-order valence-electron chi connectivity index (χ3n) is 6.96. The highest BCUT2D eigenvalue weighted by Crippen LogP contribution is 2.38. The number of nitrogens with one attached hydrogen (secondary N) is 1. The summed E-state index contributed by atoms with van der Waals surface area (Å²) in [7, 11) is 1.53. The Bertz CT molecular complexity index is 1830. The first-order valence-electron chi connectivity index (χ1n) is 13.1. The second-order valence-electron chi connectivity index (χ2n) is 9.53. The van der Waals surface area contributed by atoms with Gasteiger partial charge in [0.05, 0.1) is 24.2 Å². The molecule has 2 heterocycles. The molecule has 0 aliphatic carbocycles. The number of aromatic nitrogens is 1. The molecule has 1 aromatic heterocycles. The number of carbonyl (C=O) groups is 3. The van der Waals surface area contributed by atoms with Crippen LogP contribution in [0.5, 0.6) is 5.75 Å². The topological polar surface area (TPSA) is 80.6 Å². The summed E-state index contributed by atoms with van der Waals surface area (Å²) in [5, 5.41) is 2.91. The van der Waals surface area contributed by atoms with Crippen LogP contribution in [-0.2, 0) is 9.59 Å². The monoisotopic (exact) mass is 573 g/mol. The van der Waals surface area contributed by atoms with E-state index in [0.29, 0.717) is 22.0 Å². The van der Waals surface area contributed by atoms with Crippen molar-refractivity contribution in [2.45, 2.75) is 0 Å². The lowest BCUT2D eigenvalue weighted by Crippen LogP contribution is -2.54. The summed E-state index contributed by atoms with van der Waals surface area (Å²) < 4.78 is 7.27. The molecule has 0 unspecified atom stereocenters. The van der Waals surface area contributed by atoms with Gasteiger partial charge in [-0.2, -0.15) is 0 Å². The highest BCUT2D eigenvalue weighted by Gasteiger charge is 2.37. The van der Waals surface area contributed by atoms with Crippen molar-refractivity contribution in [3.63, 3.8) is 0 Å². The van der Waals surface area contributed by atoms with Gasteiger partial charge in [0.1, 0.15) is 11.3 Å². The second-order valence-corrected chi connectivity index (χ2v) is 9.97. The summed E-state index contributed by atoms with van der Waals surface area (Å²) in [6.07, 6.45) is 1.54. The Labute approximate surface area is 247 Å². The van der Waals surface area contributed by atoms with Crippen LogP contribution in [0.3, 0.4) is 0 Å². The maximum Gasteiger partial charge on any atom is 0.335 e. The number of anilines is 1. The minimum atomic E-state index is -0.820. The van der Waals surface area contributed by atoms with E-state index in [0.717, 1.165) is 33.1 Å². The number of methoxy groups -OCH3 is 1. The van der Waals surface area contributed by atoms with Gasteiger partial charge in [0.2, 0.25) is 0 Å². The highest BCUT2D eigenvalue weighted by atomic mass is 35.5. The first-order chi connectivity index (χ1) is 20.4. The minimum absolute atomic E-state index is 0.171. The SMILES string of the molecule is COc1ccc(N2C(=O)NC(=O)/C(=C\c3cc(-c4ccccc4)n(-c4ccc(Cl)cc4)c3-c3ccccc3)C2=O)cc1. The number of rotatable bonds is 6. The van der Waals surface area contributed by atoms with E-state index in [9.17, 15) is 14.4 Å². The van der Waals surface area contributed by atoms with Crippen LogP contribution in [-0.4, -0.2) is 29.5 Å². The third-order valence-corrected chi connectivity index (χ3v) is 7.22. The number of nitrogens with zero attached hydrogens (tertiary/aromatic N) is 2. The summed E-state index contributed by atoms with van der Waals surface area (Å²) in [4.78, 5) is 40.6. The summed E-state index contributed by atoms with van der Waals surface area (Å²) >= 11 is 6.23. The maximum atomic E-state index is 13.7. The van der Waals surface area contributed by atoms with Gasteiger partial charge in [0, 0.05) is 16.3 Å². The van der Waals surface area contributed by atoms with Gasteiger partial charge in [-0.25, -0.2) is 9.69 Å². The van der Waals surface area contributed by atoms with Crippen LogP contribution >= 0.6 is 11.6 Å². The van der Waals surface area contributed by atoms with Crippen LogP contribution in [0.25, 0.3) is 34.3 Å². The Hall–Kier alpha value is -5.40. The van der Waals surface area contributed by atoms with E-state index in [1.165, 1.54) is 7.11 Å². The zero-order chi connectivity index (χ0) is 29.2. The highest BCUT2D eigenvalue weighted by molar-refractivity contribution is 6.39. The molecule has 7 nitrogen and oxygen atoms in total. The lowest BCUT2D eigenvalue weighted by atomic mass is 10.0. The van der Waals surface area contributed by atoms with E-state index < -0.39 is 17.8 Å². The van der Waals surface area contributed by atoms with Gasteiger partial charge in [-0.05, 0) is 71.8 Å². The molecule has 1 saturated heterocycles. The predicted octanol–water partition coefficient (Wildman–Crippen LogP) is 7.14. The van der Waals surface area contributed by atoms with Crippen molar-refractivity contribution >= 4 is 41.2 Å². The number of imide groups is 2. The number of hydrogen-bond donors (Lipinski definition) is 1. The fraction of sp³-hybridized carbons (Fsp3) is 0.0294. The van der Waals surface area contributed by atoms with Gasteiger partial charge in [-0.15, -0.1) is 0 Å². The molecule has 8 heteroatoms. The molecule has 0 bridgehead atoms. The Balaban J connectivity index is 1.57. The maximum absolute atomic E-state index is 13.7. The summed E-state index contributed by atoms with van der Waals surface area (Å²) in [5.74, 6) is -0.928. The van der Waals surface area contributed by atoms with Gasteiger partial charge in [-0.3, -0.25) is 14.9 Å². The van der Waals surface area contributed by atoms with Crippen LogP contribution < -0.4 is 15.0 Å². The minimum Gasteiger partial charge on any atom is -0.497 e. The van der Waals surface area contributed by atoms with Gasteiger partial charge < -0.3 is 9.30 Å². The van der Waals surface area contributed by atoms with Gasteiger partial charge in [-0.1, -0.05) is 72.3 Å². The van der Waals surface area contributed by atoms with Crippen molar-refractivity contribution in [2.75, 3.05) is 12.0 Å². The molecule has 1 fully saturated rings. The van der Waals surface area contributed by atoms with Crippen LogP contribution in [0.15, 0.2) is 121 Å². The Kier molecular flexibility index (Phi) is 7.17. The molecular formula is C34H24ClN3O4. The number of barbiturate groups is 1. The lowest BCUT2D eigenvalue weighted by molar-refractivity contribution is -0.122. The first-order valence-corrected chi connectivity index (χ1v) is 13.5. The molecule has 1 aliphatic rings. The number of hydrogen-bond acceptors (Lipinski definition) is 4. The standard InChI is InChI=1S/C34H24ClN3O4/c1-42-28-18-16-27(17-19-28)38-33(40)29(32(39)36-34(38)41)20-24-21-30(22-8-4-2-5-9-22)37(26-14-12-25(35)13-15-26)31(24)23-10-6-3-7-11-23/h2-21H,1H3,(H,36,39,41)/b29-20+. The molecular weight excluding hydrogens is 550 g/mol. The van der Waals surface area contributed by atoms with Crippen LogP contribution in [0.4, 0.5) is 10.5 Å². The summed E-state index contributed by atoms with van der Waals surface area (Å²) in [6.45, 7) is 0. The fourth-order valence-corrected chi connectivity index (χ4v) is 5.12. The quantitative estimate of drug-likeness (QED) is 0.173. The van der Waals surface area contributed by atoms with E-state index in [-0.39, 0.29) is 5.57 Å². The molecule has 4 amide bonds. The van der Waals surface area contributed by atoms with Gasteiger partial charge >= 0.3 is 6.03 Å². The molecule has 1 N–H and O–H groups in total. The second kappa shape index (κ2) is 11.2.